The maximum Gasteiger partial charge on any atom is 0.249 e. The maximum atomic E-state index is 12.1. The number of likely N-dealkylation sites (tertiary alicyclic amines) is 1. The Morgan fingerprint density at radius 3 is 2.93 bits per heavy atom. The Hall–Kier alpha value is -0.830. The molecule has 86 valence electrons. The number of carbonyl (C=O) groups is 1. The lowest BCUT2D eigenvalue weighted by Crippen LogP contribution is -2.41. The van der Waals surface area contributed by atoms with Gasteiger partial charge in [0.1, 0.15) is 0 Å². The normalized spacial score (nSPS) is 22.2. The second-order valence-electron chi connectivity index (χ2n) is 4.15. The highest BCUT2D eigenvalue weighted by atomic mass is 16.2. The quantitative estimate of drug-likeness (QED) is 0.714. The number of allylic oxidation sites excluding steroid dienone is 1. The average Bonchev–Trinajstić information content (AvgIpc) is 2.66. The first-order chi connectivity index (χ1) is 7.20. The molecule has 1 aliphatic heterocycles. The van der Waals surface area contributed by atoms with E-state index in [0.29, 0.717) is 6.04 Å². The molecular weight excluding hydrogens is 188 g/mol. The summed E-state index contributed by atoms with van der Waals surface area (Å²) in [5.41, 5.74) is 0.889. The molecule has 3 nitrogen and oxygen atoms in total. The zero-order chi connectivity index (χ0) is 11.3. The van der Waals surface area contributed by atoms with Crippen LogP contribution in [0.15, 0.2) is 11.6 Å². The minimum absolute atomic E-state index is 0.217. The molecule has 15 heavy (non-hydrogen) atoms. The van der Waals surface area contributed by atoms with Crippen molar-refractivity contribution in [3.05, 3.63) is 11.6 Å². The Kier molecular flexibility index (Phi) is 4.82. The fourth-order valence-electron chi connectivity index (χ4n) is 2.17. The molecule has 1 heterocycles. The predicted molar refractivity (Wildman–Crippen MR) is 62.7 cm³/mol. The minimum Gasteiger partial charge on any atom is -0.335 e. The number of nitrogens with one attached hydrogen (secondary N) is 1. The Morgan fingerprint density at radius 2 is 2.33 bits per heavy atom. The Morgan fingerprint density at radius 1 is 1.60 bits per heavy atom. The van der Waals surface area contributed by atoms with Crippen molar-refractivity contribution in [1.29, 1.82) is 0 Å². The summed E-state index contributed by atoms with van der Waals surface area (Å²) in [4.78, 5) is 14.1. The van der Waals surface area contributed by atoms with Gasteiger partial charge in [0.25, 0.3) is 0 Å². The highest BCUT2D eigenvalue weighted by Crippen LogP contribution is 2.19. The molecule has 0 bridgehead atoms. The Balaban J connectivity index is 2.62. The number of hydrogen-bond donors (Lipinski definition) is 1. The van der Waals surface area contributed by atoms with Gasteiger partial charge in [-0.05, 0) is 33.2 Å². The zero-order valence-electron chi connectivity index (χ0n) is 10.0. The standard InChI is InChI=1S/C12H22N2O/c1-4-6-10(2)12(15)14-8-5-7-11(14)9-13-3/h6,11,13H,4-5,7-9H2,1-3H3/b10-6-. The van der Waals surface area contributed by atoms with E-state index in [1.165, 1.54) is 0 Å². The number of likely N-dealkylation sites (N-methyl/N-ethyl adjacent to an activating group) is 1. The minimum atomic E-state index is 0.217. The second-order valence-corrected chi connectivity index (χ2v) is 4.15. The largest absolute Gasteiger partial charge is 0.335 e. The van der Waals surface area contributed by atoms with Crippen molar-refractivity contribution in [2.45, 2.75) is 39.2 Å². The summed E-state index contributed by atoms with van der Waals surface area (Å²) in [5.74, 6) is 0.217. The van der Waals surface area contributed by atoms with Crippen molar-refractivity contribution >= 4 is 5.91 Å². The molecule has 1 N–H and O–H groups in total. The molecule has 1 rings (SSSR count). The molecule has 0 saturated carbocycles. The monoisotopic (exact) mass is 210 g/mol. The molecule has 1 fully saturated rings. The van der Waals surface area contributed by atoms with Crippen molar-refractivity contribution in [3.8, 4) is 0 Å². The highest BCUT2D eigenvalue weighted by Gasteiger charge is 2.28. The molecule has 3 heteroatoms. The molecule has 0 radical (unpaired) electrons. The van der Waals surface area contributed by atoms with E-state index in [1.807, 2.05) is 24.9 Å². The van der Waals surface area contributed by atoms with Crippen LogP contribution in [0, 0.1) is 0 Å². The lowest BCUT2D eigenvalue weighted by Gasteiger charge is -2.24. The summed E-state index contributed by atoms with van der Waals surface area (Å²) in [6.07, 6.45) is 5.21. The van der Waals surface area contributed by atoms with Crippen LogP contribution in [0.1, 0.15) is 33.1 Å². The number of hydrogen-bond acceptors (Lipinski definition) is 2. The number of nitrogens with zero attached hydrogens (tertiary/aromatic N) is 1. The highest BCUT2D eigenvalue weighted by molar-refractivity contribution is 5.93. The zero-order valence-corrected chi connectivity index (χ0v) is 10.0. The van der Waals surface area contributed by atoms with Crippen LogP contribution in [-0.2, 0) is 4.79 Å². The van der Waals surface area contributed by atoms with E-state index in [1.54, 1.807) is 0 Å². The lowest BCUT2D eigenvalue weighted by atomic mass is 10.2. The van der Waals surface area contributed by atoms with Crippen molar-refractivity contribution in [3.63, 3.8) is 0 Å². The van der Waals surface area contributed by atoms with Gasteiger partial charge in [-0.1, -0.05) is 13.0 Å². The van der Waals surface area contributed by atoms with Gasteiger partial charge in [0.2, 0.25) is 5.91 Å². The average molecular weight is 210 g/mol. The summed E-state index contributed by atoms with van der Waals surface area (Å²) in [6.45, 7) is 5.80. The number of rotatable bonds is 4. The van der Waals surface area contributed by atoms with Gasteiger partial charge in [0.05, 0.1) is 0 Å². The number of amides is 1. The van der Waals surface area contributed by atoms with E-state index in [9.17, 15) is 4.79 Å². The van der Waals surface area contributed by atoms with Crippen LogP contribution in [0.5, 0.6) is 0 Å². The van der Waals surface area contributed by atoms with Crippen LogP contribution in [0.4, 0.5) is 0 Å². The molecule has 0 aromatic rings. The fourth-order valence-corrected chi connectivity index (χ4v) is 2.17. The Bertz CT molecular complexity index is 248. The summed E-state index contributed by atoms with van der Waals surface area (Å²) in [5, 5.41) is 3.15. The van der Waals surface area contributed by atoms with Gasteiger partial charge in [0, 0.05) is 24.7 Å². The van der Waals surface area contributed by atoms with Crippen LogP contribution < -0.4 is 5.32 Å². The molecule has 0 spiro atoms. The van der Waals surface area contributed by atoms with Crippen molar-refractivity contribution in [1.82, 2.24) is 10.2 Å². The van der Waals surface area contributed by atoms with Crippen molar-refractivity contribution < 1.29 is 4.79 Å². The molecule has 1 amide bonds. The molecule has 1 aliphatic rings. The van der Waals surface area contributed by atoms with E-state index < -0.39 is 0 Å². The third kappa shape index (κ3) is 3.06. The van der Waals surface area contributed by atoms with Gasteiger partial charge in [-0.25, -0.2) is 0 Å². The van der Waals surface area contributed by atoms with Crippen LogP contribution >= 0.6 is 0 Å². The third-order valence-corrected chi connectivity index (χ3v) is 2.93. The SMILES string of the molecule is CC/C=C(/C)C(=O)N1CCCC1CNC. The lowest BCUT2D eigenvalue weighted by molar-refractivity contribution is -0.127. The Labute approximate surface area is 92.5 Å². The van der Waals surface area contributed by atoms with Gasteiger partial charge >= 0.3 is 0 Å². The summed E-state index contributed by atoms with van der Waals surface area (Å²) < 4.78 is 0. The molecular formula is C12H22N2O. The van der Waals surface area contributed by atoms with Crippen LogP contribution in [0.25, 0.3) is 0 Å². The van der Waals surface area contributed by atoms with Gasteiger partial charge in [-0.3, -0.25) is 4.79 Å². The van der Waals surface area contributed by atoms with Gasteiger partial charge in [-0.2, -0.15) is 0 Å². The summed E-state index contributed by atoms with van der Waals surface area (Å²) in [6, 6.07) is 0.391. The molecule has 1 unspecified atom stereocenters. The smallest absolute Gasteiger partial charge is 0.249 e. The van der Waals surface area contributed by atoms with E-state index in [2.05, 4.69) is 12.2 Å². The second kappa shape index (κ2) is 5.91. The predicted octanol–water partition coefficient (Wildman–Crippen LogP) is 1.55. The van der Waals surface area contributed by atoms with Crippen molar-refractivity contribution in [2.75, 3.05) is 20.1 Å². The van der Waals surface area contributed by atoms with E-state index in [0.717, 1.165) is 37.9 Å². The van der Waals surface area contributed by atoms with E-state index in [4.69, 9.17) is 0 Å². The maximum absolute atomic E-state index is 12.1. The first-order valence-electron chi connectivity index (χ1n) is 5.83. The first-order valence-corrected chi connectivity index (χ1v) is 5.83. The molecule has 0 aliphatic carbocycles. The fraction of sp³-hybridized carbons (Fsp3) is 0.750. The van der Waals surface area contributed by atoms with Gasteiger partial charge in [0.15, 0.2) is 0 Å². The molecule has 1 saturated heterocycles. The van der Waals surface area contributed by atoms with Gasteiger partial charge < -0.3 is 10.2 Å². The molecule has 1 atom stereocenters. The van der Waals surface area contributed by atoms with Crippen LogP contribution in [0.3, 0.4) is 0 Å². The molecule has 0 aromatic heterocycles. The van der Waals surface area contributed by atoms with E-state index >= 15 is 0 Å². The molecule has 0 aromatic carbocycles. The van der Waals surface area contributed by atoms with E-state index in [-0.39, 0.29) is 5.91 Å². The van der Waals surface area contributed by atoms with Crippen LogP contribution in [-0.4, -0.2) is 37.0 Å². The van der Waals surface area contributed by atoms with Crippen LogP contribution in [0.2, 0.25) is 0 Å². The number of carbonyl (C=O) groups excluding carboxylic acids is 1. The topological polar surface area (TPSA) is 32.3 Å². The summed E-state index contributed by atoms with van der Waals surface area (Å²) >= 11 is 0. The van der Waals surface area contributed by atoms with Crippen molar-refractivity contribution in [2.24, 2.45) is 0 Å². The summed E-state index contributed by atoms with van der Waals surface area (Å²) in [7, 11) is 1.94. The van der Waals surface area contributed by atoms with Gasteiger partial charge in [-0.15, -0.1) is 0 Å². The third-order valence-electron chi connectivity index (χ3n) is 2.93. The first kappa shape index (κ1) is 12.2.